The Morgan fingerprint density at radius 1 is 1.48 bits per heavy atom. The summed E-state index contributed by atoms with van der Waals surface area (Å²) in [5, 5.41) is 3.79. The average molecular weight is 291 g/mol. The highest BCUT2D eigenvalue weighted by Gasteiger charge is 2.49. The van der Waals surface area contributed by atoms with Crippen LogP contribution < -0.4 is 5.32 Å². The van der Waals surface area contributed by atoms with E-state index in [1.807, 2.05) is 6.20 Å². The first-order valence-electron chi connectivity index (χ1n) is 8.35. The van der Waals surface area contributed by atoms with Crippen LogP contribution in [0.5, 0.6) is 0 Å². The Morgan fingerprint density at radius 3 is 3.00 bits per heavy atom. The highest BCUT2D eigenvalue weighted by Crippen LogP contribution is 2.43. The van der Waals surface area contributed by atoms with Gasteiger partial charge in [-0.05, 0) is 39.2 Å². The Bertz CT molecular complexity index is 480. The molecular formula is C17H29N3O. The molecule has 0 aromatic carbocycles. The van der Waals surface area contributed by atoms with Gasteiger partial charge in [-0.2, -0.15) is 0 Å². The van der Waals surface area contributed by atoms with Crippen molar-refractivity contribution in [2.24, 2.45) is 11.3 Å². The molecule has 0 bridgehead atoms. The fourth-order valence-corrected chi connectivity index (χ4v) is 3.69. The third-order valence-electron chi connectivity index (χ3n) is 5.32. The smallest absolute Gasteiger partial charge is 0.108 e. The normalized spacial score (nSPS) is 31.0. The van der Waals surface area contributed by atoms with Gasteiger partial charge in [0.25, 0.3) is 0 Å². The number of imidazole rings is 1. The van der Waals surface area contributed by atoms with E-state index in [-0.39, 0.29) is 5.41 Å². The van der Waals surface area contributed by atoms with Gasteiger partial charge in [-0.25, -0.2) is 4.98 Å². The van der Waals surface area contributed by atoms with Crippen molar-refractivity contribution < 1.29 is 4.74 Å². The molecule has 2 aliphatic rings. The summed E-state index contributed by atoms with van der Waals surface area (Å²) < 4.78 is 8.29. The zero-order valence-electron chi connectivity index (χ0n) is 13.8. The molecule has 1 saturated carbocycles. The topological polar surface area (TPSA) is 39.1 Å². The first-order valence-corrected chi connectivity index (χ1v) is 8.35. The van der Waals surface area contributed by atoms with Gasteiger partial charge in [0.15, 0.2) is 0 Å². The van der Waals surface area contributed by atoms with Gasteiger partial charge in [-0.1, -0.05) is 13.8 Å². The zero-order valence-corrected chi connectivity index (χ0v) is 13.8. The van der Waals surface area contributed by atoms with Crippen LogP contribution in [0, 0.1) is 11.3 Å². The molecule has 1 aliphatic heterocycles. The summed E-state index contributed by atoms with van der Waals surface area (Å²) in [7, 11) is 0. The van der Waals surface area contributed by atoms with Crippen molar-refractivity contribution >= 4 is 0 Å². The van der Waals surface area contributed by atoms with Crippen molar-refractivity contribution in [3.8, 4) is 0 Å². The third kappa shape index (κ3) is 3.02. The lowest BCUT2D eigenvalue weighted by Gasteiger charge is -2.53. The molecule has 0 saturated heterocycles. The minimum absolute atomic E-state index is 0.247. The fourth-order valence-electron chi connectivity index (χ4n) is 3.69. The van der Waals surface area contributed by atoms with Crippen LogP contribution in [0.15, 0.2) is 12.4 Å². The van der Waals surface area contributed by atoms with Crippen LogP contribution in [0.3, 0.4) is 0 Å². The quantitative estimate of drug-likeness (QED) is 0.906. The predicted octanol–water partition coefficient (Wildman–Crippen LogP) is 2.63. The van der Waals surface area contributed by atoms with Gasteiger partial charge in [0.05, 0.1) is 12.2 Å². The predicted molar refractivity (Wildman–Crippen MR) is 84.2 cm³/mol. The number of ether oxygens (including phenoxy) is 1. The zero-order chi connectivity index (χ0) is 15.0. The van der Waals surface area contributed by atoms with E-state index in [2.05, 4.69) is 48.8 Å². The molecule has 0 radical (unpaired) electrons. The van der Waals surface area contributed by atoms with Gasteiger partial charge in [0, 0.05) is 36.8 Å². The average Bonchev–Trinajstić information content (AvgIpc) is 2.89. The van der Waals surface area contributed by atoms with E-state index in [0.29, 0.717) is 18.2 Å². The number of aryl methyl sites for hydroxylation is 1. The molecule has 2 heterocycles. The van der Waals surface area contributed by atoms with E-state index in [4.69, 9.17) is 4.74 Å². The summed E-state index contributed by atoms with van der Waals surface area (Å²) in [4.78, 5) is 4.46. The lowest BCUT2D eigenvalue weighted by molar-refractivity contribution is -0.139. The second kappa shape index (κ2) is 5.73. The highest BCUT2D eigenvalue weighted by atomic mass is 16.5. The molecule has 118 valence electrons. The van der Waals surface area contributed by atoms with Gasteiger partial charge >= 0.3 is 0 Å². The van der Waals surface area contributed by atoms with Crippen LogP contribution in [0.2, 0.25) is 0 Å². The summed E-state index contributed by atoms with van der Waals surface area (Å²) in [5.41, 5.74) is 0.247. The fraction of sp³-hybridized carbons (Fsp3) is 0.824. The SMILES string of the molecule is CC(C)OC1CC(NCC2CCn3ccnc3C2)C1(C)C. The van der Waals surface area contributed by atoms with Crippen molar-refractivity contribution in [1.29, 1.82) is 0 Å². The molecule has 1 aromatic rings. The lowest BCUT2D eigenvalue weighted by atomic mass is 9.64. The summed E-state index contributed by atoms with van der Waals surface area (Å²) in [6, 6.07) is 0.586. The monoisotopic (exact) mass is 291 g/mol. The number of nitrogens with zero attached hydrogens (tertiary/aromatic N) is 2. The molecule has 3 unspecified atom stereocenters. The molecule has 1 N–H and O–H groups in total. The summed E-state index contributed by atoms with van der Waals surface area (Å²) in [5.74, 6) is 1.97. The van der Waals surface area contributed by atoms with Crippen LogP contribution in [0.25, 0.3) is 0 Å². The standard InChI is InChI=1S/C17H29N3O/c1-12(2)21-15-10-14(17(15,3)4)19-11-13-5-7-20-8-6-18-16(20)9-13/h6,8,12-15,19H,5,7,9-11H2,1-4H3. The van der Waals surface area contributed by atoms with Gasteiger partial charge in [0.2, 0.25) is 0 Å². The minimum Gasteiger partial charge on any atom is -0.375 e. The van der Waals surface area contributed by atoms with Crippen LogP contribution in [-0.4, -0.2) is 34.3 Å². The van der Waals surface area contributed by atoms with Gasteiger partial charge in [-0.3, -0.25) is 0 Å². The first-order chi connectivity index (χ1) is 9.96. The van der Waals surface area contributed by atoms with E-state index in [1.165, 1.54) is 12.2 Å². The van der Waals surface area contributed by atoms with Gasteiger partial charge in [-0.15, -0.1) is 0 Å². The Morgan fingerprint density at radius 2 is 2.29 bits per heavy atom. The Balaban J connectivity index is 1.47. The second-order valence-corrected chi connectivity index (χ2v) is 7.59. The number of hydrogen-bond acceptors (Lipinski definition) is 3. The van der Waals surface area contributed by atoms with Crippen LogP contribution >= 0.6 is 0 Å². The Labute approximate surface area is 128 Å². The lowest BCUT2D eigenvalue weighted by Crippen LogP contribution is -2.62. The summed E-state index contributed by atoms with van der Waals surface area (Å²) in [6.45, 7) is 11.1. The molecule has 3 rings (SSSR count). The molecule has 1 aromatic heterocycles. The van der Waals surface area contributed by atoms with E-state index < -0.39 is 0 Å². The van der Waals surface area contributed by atoms with Crippen molar-refractivity contribution in [3.63, 3.8) is 0 Å². The molecule has 0 amide bonds. The maximum absolute atomic E-state index is 6.01. The van der Waals surface area contributed by atoms with Crippen LogP contribution in [0.4, 0.5) is 0 Å². The molecule has 4 nitrogen and oxygen atoms in total. The number of hydrogen-bond donors (Lipinski definition) is 1. The summed E-state index contributed by atoms with van der Waals surface area (Å²) >= 11 is 0. The number of aromatic nitrogens is 2. The van der Waals surface area contributed by atoms with Crippen LogP contribution in [0.1, 0.15) is 46.4 Å². The molecule has 4 heteroatoms. The minimum atomic E-state index is 0.247. The first kappa shape index (κ1) is 15.0. The second-order valence-electron chi connectivity index (χ2n) is 7.59. The molecule has 0 spiro atoms. The van der Waals surface area contributed by atoms with Crippen LogP contribution in [-0.2, 0) is 17.7 Å². The highest BCUT2D eigenvalue weighted by molar-refractivity contribution is 5.04. The Kier molecular flexibility index (Phi) is 4.10. The van der Waals surface area contributed by atoms with E-state index in [1.54, 1.807) is 0 Å². The van der Waals surface area contributed by atoms with Gasteiger partial charge < -0.3 is 14.6 Å². The molecular weight excluding hydrogens is 262 g/mol. The maximum atomic E-state index is 6.01. The molecule has 21 heavy (non-hydrogen) atoms. The number of rotatable bonds is 5. The largest absolute Gasteiger partial charge is 0.375 e. The third-order valence-corrected chi connectivity index (χ3v) is 5.32. The van der Waals surface area contributed by atoms with E-state index >= 15 is 0 Å². The maximum Gasteiger partial charge on any atom is 0.108 e. The van der Waals surface area contributed by atoms with Crippen molar-refractivity contribution in [1.82, 2.24) is 14.9 Å². The Hall–Kier alpha value is -0.870. The van der Waals surface area contributed by atoms with Crippen molar-refractivity contribution in [2.45, 2.75) is 71.8 Å². The van der Waals surface area contributed by atoms with E-state index in [9.17, 15) is 0 Å². The number of fused-ring (bicyclic) bond motifs is 1. The van der Waals surface area contributed by atoms with Crippen molar-refractivity contribution in [3.05, 3.63) is 18.2 Å². The molecule has 1 fully saturated rings. The van der Waals surface area contributed by atoms with Gasteiger partial charge in [0.1, 0.15) is 5.82 Å². The molecule has 3 atom stereocenters. The number of nitrogens with one attached hydrogen (secondary N) is 1. The molecule has 1 aliphatic carbocycles. The van der Waals surface area contributed by atoms with E-state index in [0.717, 1.165) is 31.8 Å². The summed E-state index contributed by atoms with van der Waals surface area (Å²) in [6.07, 6.45) is 8.27. The van der Waals surface area contributed by atoms with Crippen molar-refractivity contribution in [2.75, 3.05) is 6.54 Å².